The van der Waals surface area contributed by atoms with E-state index in [-0.39, 0.29) is 17.9 Å². The maximum absolute atomic E-state index is 12.2. The first-order valence-electron chi connectivity index (χ1n) is 5.84. The van der Waals surface area contributed by atoms with Crippen LogP contribution in [-0.2, 0) is 0 Å². The average Bonchev–Trinajstić information content (AvgIpc) is 2.80. The number of nitrogens with two attached hydrogens (primary N) is 1. The van der Waals surface area contributed by atoms with E-state index in [1.165, 1.54) is 11.3 Å². The van der Waals surface area contributed by atoms with Crippen LogP contribution in [0.2, 0.25) is 0 Å². The van der Waals surface area contributed by atoms with E-state index in [1.807, 2.05) is 17.5 Å². The first-order valence-corrected chi connectivity index (χ1v) is 6.72. The minimum atomic E-state index is -0.417. The van der Waals surface area contributed by atoms with Gasteiger partial charge >= 0.3 is 0 Å². The van der Waals surface area contributed by atoms with Gasteiger partial charge in [-0.05, 0) is 24.8 Å². The Hall–Kier alpha value is -0.910. The average molecular weight is 254 g/mol. The predicted octanol–water partition coefficient (Wildman–Crippen LogP) is 0.918. The third kappa shape index (κ3) is 2.86. The summed E-state index contributed by atoms with van der Waals surface area (Å²) in [6.07, 6.45) is 0.367. The Morgan fingerprint density at radius 3 is 3.00 bits per heavy atom. The summed E-state index contributed by atoms with van der Waals surface area (Å²) in [5.41, 5.74) is 5.94. The molecular formula is C12H18N2O2S. The van der Waals surface area contributed by atoms with Crippen molar-refractivity contribution in [3.8, 4) is 0 Å². The van der Waals surface area contributed by atoms with Crippen molar-refractivity contribution in [1.29, 1.82) is 0 Å². The van der Waals surface area contributed by atoms with Crippen LogP contribution in [0, 0.1) is 5.92 Å². The summed E-state index contributed by atoms with van der Waals surface area (Å²) < 4.78 is 0. The maximum atomic E-state index is 12.2. The second-order valence-corrected chi connectivity index (χ2v) is 5.63. The molecule has 2 rings (SSSR count). The number of piperidine rings is 1. The van der Waals surface area contributed by atoms with Crippen LogP contribution in [0.3, 0.4) is 0 Å². The van der Waals surface area contributed by atoms with Crippen molar-refractivity contribution >= 4 is 17.2 Å². The third-order valence-electron chi connectivity index (χ3n) is 3.22. The molecule has 4 nitrogen and oxygen atoms in total. The Bertz CT molecular complexity index is 378. The largest absolute Gasteiger partial charge is 0.393 e. The van der Waals surface area contributed by atoms with E-state index >= 15 is 0 Å². The summed E-state index contributed by atoms with van der Waals surface area (Å²) in [6.45, 7) is 2.94. The monoisotopic (exact) mass is 254 g/mol. The third-order valence-corrected chi connectivity index (χ3v) is 4.07. The SMILES string of the molecule is CC(O)C1CC(N)CN(C(=O)c2cccs2)C1. The first-order chi connectivity index (χ1) is 8.08. The minimum absolute atomic E-state index is 0.0285. The van der Waals surface area contributed by atoms with E-state index in [1.54, 1.807) is 11.8 Å². The molecule has 0 aliphatic carbocycles. The highest BCUT2D eigenvalue weighted by Crippen LogP contribution is 2.22. The summed E-state index contributed by atoms with van der Waals surface area (Å²) in [5.74, 6) is 0.114. The molecule has 17 heavy (non-hydrogen) atoms. The normalized spacial score (nSPS) is 26.9. The molecule has 5 heteroatoms. The summed E-state index contributed by atoms with van der Waals surface area (Å²) in [6, 6.07) is 3.66. The Morgan fingerprint density at radius 1 is 1.65 bits per heavy atom. The van der Waals surface area contributed by atoms with Crippen molar-refractivity contribution in [3.63, 3.8) is 0 Å². The quantitative estimate of drug-likeness (QED) is 0.824. The standard InChI is InChI=1S/C12H18N2O2S/c1-8(15)9-5-10(13)7-14(6-9)12(16)11-3-2-4-17-11/h2-4,8-10,15H,5-7,13H2,1H3. The zero-order chi connectivity index (χ0) is 12.4. The number of rotatable bonds is 2. The molecule has 0 spiro atoms. The van der Waals surface area contributed by atoms with Crippen molar-refractivity contribution in [3.05, 3.63) is 22.4 Å². The molecule has 0 bridgehead atoms. The topological polar surface area (TPSA) is 66.6 Å². The molecule has 0 saturated carbocycles. The molecule has 1 aromatic rings. The molecule has 1 saturated heterocycles. The van der Waals surface area contributed by atoms with Gasteiger partial charge in [-0.3, -0.25) is 4.79 Å². The van der Waals surface area contributed by atoms with Crippen molar-refractivity contribution < 1.29 is 9.90 Å². The van der Waals surface area contributed by atoms with Crippen LogP contribution in [0.25, 0.3) is 0 Å². The van der Waals surface area contributed by atoms with Crippen LogP contribution in [0.15, 0.2) is 17.5 Å². The number of amides is 1. The van der Waals surface area contributed by atoms with E-state index in [2.05, 4.69) is 0 Å². The molecule has 1 aliphatic rings. The van der Waals surface area contributed by atoms with Crippen molar-refractivity contribution in [2.45, 2.75) is 25.5 Å². The minimum Gasteiger partial charge on any atom is -0.393 e. The van der Waals surface area contributed by atoms with Crippen molar-refractivity contribution in [2.75, 3.05) is 13.1 Å². The molecule has 0 aromatic carbocycles. The highest BCUT2D eigenvalue weighted by atomic mass is 32.1. The Labute approximate surface area is 105 Å². The van der Waals surface area contributed by atoms with E-state index in [0.717, 1.165) is 11.3 Å². The summed E-state index contributed by atoms with van der Waals surface area (Å²) in [7, 11) is 0. The number of hydrogen-bond donors (Lipinski definition) is 2. The fourth-order valence-electron chi connectivity index (χ4n) is 2.25. The van der Waals surface area contributed by atoms with Crippen LogP contribution in [0.5, 0.6) is 0 Å². The number of aliphatic hydroxyl groups is 1. The molecule has 1 aliphatic heterocycles. The van der Waals surface area contributed by atoms with Gasteiger partial charge in [-0.2, -0.15) is 0 Å². The highest BCUT2D eigenvalue weighted by molar-refractivity contribution is 7.12. The highest BCUT2D eigenvalue weighted by Gasteiger charge is 2.31. The molecule has 94 valence electrons. The Kier molecular flexibility index (Phi) is 3.81. The fraction of sp³-hybridized carbons (Fsp3) is 0.583. The second-order valence-electron chi connectivity index (χ2n) is 4.68. The number of thiophene rings is 1. The van der Waals surface area contributed by atoms with Crippen LogP contribution >= 0.6 is 11.3 Å². The fourth-order valence-corrected chi connectivity index (χ4v) is 2.94. The first kappa shape index (κ1) is 12.5. The van der Waals surface area contributed by atoms with Crippen LogP contribution in [0.1, 0.15) is 23.0 Å². The summed E-state index contributed by atoms with van der Waals surface area (Å²) >= 11 is 1.44. The van der Waals surface area contributed by atoms with Crippen molar-refractivity contribution in [1.82, 2.24) is 4.90 Å². The van der Waals surface area contributed by atoms with E-state index in [4.69, 9.17) is 5.73 Å². The van der Waals surface area contributed by atoms with Crippen molar-refractivity contribution in [2.24, 2.45) is 11.7 Å². The van der Waals surface area contributed by atoms with E-state index in [0.29, 0.717) is 13.1 Å². The lowest BCUT2D eigenvalue weighted by molar-refractivity contribution is 0.0422. The zero-order valence-corrected chi connectivity index (χ0v) is 10.7. The number of nitrogens with zero attached hydrogens (tertiary/aromatic N) is 1. The number of carbonyl (C=O) groups is 1. The smallest absolute Gasteiger partial charge is 0.263 e. The zero-order valence-electron chi connectivity index (χ0n) is 9.87. The molecule has 3 unspecified atom stereocenters. The Balaban J connectivity index is 2.08. The number of carbonyl (C=O) groups excluding carboxylic acids is 1. The maximum Gasteiger partial charge on any atom is 0.263 e. The summed E-state index contributed by atoms with van der Waals surface area (Å²) in [4.78, 5) is 14.7. The number of aliphatic hydroxyl groups excluding tert-OH is 1. The van der Waals surface area contributed by atoms with E-state index < -0.39 is 6.10 Å². The van der Waals surface area contributed by atoms with Gasteiger partial charge in [-0.15, -0.1) is 11.3 Å². The van der Waals surface area contributed by atoms with Gasteiger partial charge in [0, 0.05) is 25.0 Å². The van der Waals surface area contributed by atoms with Gasteiger partial charge in [-0.25, -0.2) is 0 Å². The van der Waals surface area contributed by atoms with Crippen LogP contribution in [-0.4, -0.2) is 41.1 Å². The van der Waals surface area contributed by atoms with Crippen LogP contribution < -0.4 is 5.73 Å². The molecule has 2 heterocycles. The molecule has 3 atom stereocenters. The molecule has 3 N–H and O–H groups in total. The number of likely N-dealkylation sites (tertiary alicyclic amines) is 1. The van der Waals surface area contributed by atoms with Gasteiger partial charge in [0.15, 0.2) is 0 Å². The van der Waals surface area contributed by atoms with Crippen LogP contribution in [0.4, 0.5) is 0 Å². The lowest BCUT2D eigenvalue weighted by Crippen LogP contribution is -2.51. The lowest BCUT2D eigenvalue weighted by atomic mass is 9.90. The van der Waals surface area contributed by atoms with Gasteiger partial charge in [0.25, 0.3) is 5.91 Å². The second kappa shape index (κ2) is 5.16. The molecule has 1 amide bonds. The molecule has 1 fully saturated rings. The molecular weight excluding hydrogens is 236 g/mol. The number of hydrogen-bond acceptors (Lipinski definition) is 4. The van der Waals surface area contributed by atoms with Gasteiger partial charge < -0.3 is 15.7 Å². The van der Waals surface area contributed by atoms with Gasteiger partial charge in [0.05, 0.1) is 11.0 Å². The summed E-state index contributed by atoms with van der Waals surface area (Å²) in [5, 5.41) is 11.5. The Morgan fingerprint density at radius 2 is 2.41 bits per heavy atom. The lowest BCUT2D eigenvalue weighted by Gasteiger charge is -2.37. The van der Waals surface area contributed by atoms with Gasteiger partial charge in [0.2, 0.25) is 0 Å². The molecule has 1 aromatic heterocycles. The van der Waals surface area contributed by atoms with Gasteiger partial charge in [0.1, 0.15) is 0 Å². The molecule has 0 radical (unpaired) electrons. The van der Waals surface area contributed by atoms with E-state index in [9.17, 15) is 9.90 Å². The van der Waals surface area contributed by atoms with Gasteiger partial charge in [-0.1, -0.05) is 6.07 Å². The predicted molar refractivity (Wildman–Crippen MR) is 68.0 cm³/mol.